The maximum Gasteiger partial charge on any atom is 0.340 e. The number of nitrogens with two attached hydrogens (primary N) is 1. The summed E-state index contributed by atoms with van der Waals surface area (Å²) in [4.78, 5) is 25.6. The summed E-state index contributed by atoms with van der Waals surface area (Å²) in [6.07, 6.45) is 2.79. The quantitative estimate of drug-likeness (QED) is 0.581. The fraction of sp³-hybridized carbons (Fsp3) is 0.409. The van der Waals surface area contributed by atoms with Gasteiger partial charge in [-0.15, -0.1) is 11.3 Å². The van der Waals surface area contributed by atoms with Crippen LogP contribution in [0.25, 0.3) is 0 Å². The summed E-state index contributed by atoms with van der Waals surface area (Å²) < 4.78 is 5.07. The molecule has 0 bridgehead atoms. The summed E-state index contributed by atoms with van der Waals surface area (Å²) in [6, 6.07) is 8.76. The monoisotopic (exact) mass is 411 g/mol. The highest BCUT2D eigenvalue weighted by Gasteiger charge is 2.32. The average Bonchev–Trinajstić information content (AvgIpc) is 3.01. The molecule has 0 spiro atoms. The first kappa shape index (κ1) is 20.9. The van der Waals surface area contributed by atoms with Gasteiger partial charge in [-0.1, -0.05) is 32.9 Å². The third kappa shape index (κ3) is 4.60. The number of amides is 1. The number of anilines is 2. The van der Waals surface area contributed by atoms with E-state index in [0.717, 1.165) is 29.7 Å². The largest absolute Gasteiger partial charge is 0.452 e. The lowest BCUT2D eigenvalue weighted by Gasteiger charge is -2.33. The second kappa shape index (κ2) is 8.26. The van der Waals surface area contributed by atoms with Crippen molar-refractivity contribution in [1.82, 2.24) is 0 Å². The van der Waals surface area contributed by atoms with Crippen molar-refractivity contribution in [1.29, 1.82) is 5.26 Å². The predicted molar refractivity (Wildman–Crippen MR) is 114 cm³/mol. The van der Waals surface area contributed by atoms with Gasteiger partial charge >= 0.3 is 5.97 Å². The molecule has 1 aromatic carbocycles. The summed E-state index contributed by atoms with van der Waals surface area (Å²) in [6.45, 7) is 6.26. The molecule has 1 atom stereocenters. The molecule has 6 nitrogen and oxygen atoms in total. The first-order valence-electron chi connectivity index (χ1n) is 9.56. The van der Waals surface area contributed by atoms with E-state index in [1.54, 1.807) is 24.3 Å². The fourth-order valence-corrected chi connectivity index (χ4v) is 4.88. The SMILES string of the molecule is CC(C)(C)C1CCc2c(sc(NC(=O)COC(=O)c3ccccc3N)c2C#N)C1. The van der Waals surface area contributed by atoms with Gasteiger partial charge in [0.05, 0.1) is 11.1 Å². The van der Waals surface area contributed by atoms with Gasteiger partial charge in [0.1, 0.15) is 11.1 Å². The molecule has 152 valence electrons. The predicted octanol–water partition coefficient (Wildman–Crippen LogP) is 4.15. The Bertz CT molecular complexity index is 982. The summed E-state index contributed by atoms with van der Waals surface area (Å²) in [5.74, 6) is -0.589. The van der Waals surface area contributed by atoms with E-state index in [9.17, 15) is 14.9 Å². The van der Waals surface area contributed by atoms with Crippen LogP contribution >= 0.6 is 11.3 Å². The van der Waals surface area contributed by atoms with Crippen molar-refractivity contribution in [3.05, 3.63) is 45.8 Å². The molecule has 3 rings (SSSR count). The average molecular weight is 412 g/mol. The molecule has 29 heavy (non-hydrogen) atoms. The molecule has 1 aromatic heterocycles. The van der Waals surface area contributed by atoms with Crippen molar-refractivity contribution >= 4 is 33.9 Å². The maximum atomic E-state index is 12.3. The molecule has 3 N–H and O–H groups in total. The van der Waals surface area contributed by atoms with Crippen molar-refractivity contribution < 1.29 is 14.3 Å². The van der Waals surface area contributed by atoms with Crippen LogP contribution in [0, 0.1) is 22.7 Å². The molecule has 1 aliphatic rings. The van der Waals surface area contributed by atoms with Crippen LogP contribution in [0.15, 0.2) is 24.3 Å². The van der Waals surface area contributed by atoms with E-state index in [0.29, 0.717) is 22.2 Å². The molecular formula is C22H25N3O3S. The van der Waals surface area contributed by atoms with E-state index in [1.807, 2.05) is 0 Å². The third-order valence-electron chi connectivity index (χ3n) is 5.37. The number of hydrogen-bond acceptors (Lipinski definition) is 6. The van der Waals surface area contributed by atoms with E-state index in [-0.39, 0.29) is 11.0 Å². The van der Waals surface area contributed by atoms with Gasteiger partial charge in [0.25, 0.3) is 5.91 Å². The number of carbonyl (C=O) groups is 2. The molecular weight excluding hydrogens is 386 g/mol. The Hall–Kier alpha value is -2.85. The Kier molecular flexibility index (Phi) is 5.94. The molecule has 1 aliphatic carbocycles. The standard InChI is InChI=1S/C22H25N3O3S/c1-22(2,3)13-8-9-14-16(11-23)20(29-18(14)10-13)25-19(26)12-28-21(27)15-6-4-5-7-17(15)24/h4-7,13H,8-10,12,24H2,1-3H3,(H,25,26). The van der Waals surface area contributed by atoms with Crippen molar-refractivity contribution in [2.45, 2.75) is 40.0 Å². The number of para-hydroxylation sites is 1. The molecule has 7 heteroatoms. The number of ether oxygens (including phenoxy) is 1. The molecule has 1 unspecified atom stereocenters. The van der Waals surface area contributed by atoms with E-state index < -0.39 is 18.5 Å². The zero-order chi connectivity index (χ0) is 21.2. The fourth-order valence-electron chi connectivity index (χ4n) is 3.59. The van der Waals surface area contributed by atoms with Crippen LogP contribution in [-0.4, -0.2) is 18.5 Å². The second-order valence-corrected chi connectivity index (χ2v) is 9.44. The number of carbonyl (C=O) groups excluding carboxylic acids is 2. The van der Waals surface area contributed by atoms with Crippen molar-refractivity contribution in [3.8, 4) is 6.07 Å². The van der Waals surface area contributed by atoms with Gasteiger partial charge in [-0.25, -0.2) is 4.79 Å². The summed E-state index contributed by atoms with van der Waals surface area (Å²) in [5.41, 5.74) is 8.04. The number of nitriles is 1. The van der Waals surface area contributed by atoms with Gasteiger partial charge in [0, 0.05) is 10.6 Å². The van der Waals surface area contributed by atoms with E-state index in [2.05, 4.69) is 32.2 Å². The van der Waals surface area contributed by atoms with E-state index in [1.165, 1.54) is 11.3 Å². The Morgan fingerprint density at radius 1 is 1.34 bits per heavy atom. The van der Waals surface area contributed by atoms with Crippen molar-refractivity contribution in [2.24, 2.45) is 11.3 Å². The topological polar surface area (TPSA) is 105 Å². The maximum absolute atomic E-state index is 12.3. The van der Waals surface area contributed by atoms with Crippen molar-refractivity contribution in [3.63, 3.8) is 0 Å². The molecule has 1 heterocycles. The van der Waals surface area contributed by atoms with Gasteiger partial charge in [-0.3, -0.25) is 4.79 Å². The zero-order valence-electron chi connectivity index (χ0n) is 16.9. The Morgan fingerprint density at radius 3 is 2.72 bits per heavy atom. The first-order valence-corrected chi connectivity index (χ1v) is 10.4. The number of thiophene rings is 1. The van der Waals surface area contributed by atoms with Crippen LogP contribution < -0.4 is 11.1 Å². The van der Waals surface area contributed by atoms with E-state index in [4.69, 9.17) is 10.5 Å². The van der Waals surface area contributed by atoms with Crippen LogP contribution in [0.4, 0.5) is 10.7 Å². The summed E-state index contributed by atoms with van der Waals surface area (Å²) >= 11 is 1.45. The van der Waals surface area contributed by atoms with Gasteiger partial charge in [0.15, 0.2) is 6.61 Å². The number of esters is 1. The number of hydrogen-bond donors (Lipinski definition) is 2. The van der Waals surface area contributed by atoms with Crippen LogP contribution in [0.2, 0.25) is 0 Å². The first-order chi connectivity index (χ1) is 13.7. The van der Waals surface area contributed by atoms with Gasteiger partial charge in [0.2, 0.25) is 0 Å². The second-order valence-electron chi connectivity index (χ2n) is 8.34. The number of benzene rings is 1. The lowest BCUT2D eigenvalue weighted by molar-refractivity contribution is -0.119. The lowest BCUT2D eigenvalue weighted by Crippen LogP contribution is -2.26. The molecule has 0 saturated heterocycles. The smallest absolute Gasteiger partial charge is 0.340 e. The highest BCUT2D eigenvalue weighted by atomic mass is 32.1. The van der Waals surface area contributed by atoms with Crippen LogP contribution in [-0.2, 0) is 22.4 Å². The normalized spacial score (nSPS) is 15.9. The van der Waals surface area contributed by atoms with Crippen LogP contribution in [0.3, 0.4) is 0 Å². The van der Waals surface area contributed by atoms with Gasteiger partial charge < -0.3 is 15.8 Å². The molecule has 0 radical (unpaired) electrons. The highest BCUT2D eigenvalue weighted by molar-refractivity contribution is 7.16. The number of nitrogens with zero attached hydrogens (tertiary/aromatic N) is 1. The van der Waals surface area contributed by atoms with Gasteiger partial charge in [-0.2, -0.15) is 5.26 Å². The van der Waals surface area contributed by atoms with Crippen molar-refractivity contribution in [2.75, 3.05) is 17.7 Å². The Labute approximate surface area is 174 Å². The zero-order valence-corrected chi connectivity index (χ0v) is 17.7. The molecule has 2 aromatic rings. The Morgan fingerprint density at radius 2 is 2.07 bits per heavy atom. The number of fused-ring (bicyclic) bond motifs is 1. The third-order valence-corrected chi connectivity index (χ3v) is 6.54. The molecule has 0 fully saturated rings. The highest BCUT2D eigenvalue weighted by Crippen LogP contribution is 2.43. The Balaban J connectivity index is 1.67. The lowest BCUT2D eigenvalue weighted by atomic mass is 9.72. The number of nitrogens with one attached hydrogen (secondary N) is 1. The molecule has 0 aliphatic heterocycles. The molecule has 1 amide bonds. The number of rotatable bonds is 4. The molecule has 0 saturated carbocycles. The minimum Gasteiger partial charge on any atom is -0.452 e. The minimum absolute atomic E-state index is 0.200. The minimum atomic E-state index is -0.655. The number of nitrogen functional groups attached to an aromatic ring is 1. The summed E-state index contributed by atoms with van der Waals surface area (Å²) in [7, 11) is 0. The van der Waals surface area contributed by atoms with Crippen LogP contribution in [0.1, 0.15) is 53.6 Å². The summed E-state index contributed by atoms with van der Waals surface area (Å²) in [5, 5.41) is 12.9. The van der Waals surface area contributed by atoms with Crippen LogP contribution in [0.5, 0.6) is 0 Å². The van der Waals surface area contributed by atoms with E-state index >= 15 is 0 Å². The van der Waals surface area contributed by atoms with Gasteiger partial charge in [-0.05, 0) is 48.3 Å².